The van der Waals surface area contributed by atoms with Crippen LogP contribution in [0, 0.1) is 6.92 Å². The molecule has 0 unspecified atom stereocenters. The summed E-state index contributed by atoms with van der Waals surface area (Å²) in [5.74, 6) is 0.852. The molecule has 0 bridgehead atoms. The molecular weight excluding hydrogens is 354 g/mol. The number of methoxy groups -OCH3 is 1. The lowest BCUT2D eigenvalue weighted by atomic mass is 10.1. The van der Waals surface area contributed by atoms with Gasteiger partial charge in [0.15, 0.2) is 5.76 Å². The zero-order valence-electron chi connectivity index (χ0n) is 15.8. The molecule has 1 amide bonds. The Morgan fingerprint density at radius 1 is 1.21 bits per heavy atom. The Hall–Kier alpha value is -3.54. The van der Waals surface area contributed by atoms with Crippen LogP contribution in [0.15, 0.2) is 65.3 Å². The first-order chi connectivity index (χ1) is 13.7. The van der Waals surface area contributed by atoms with Gasteiger partial charge in [0.05, 0.1) is 19.0 Å². The maximum absolute atomic E-state index is 12.5. The first-order valence-electron chi connectivity index (χ1n) is 9.10. The third-order valence-electron chi connectivity index (χ3n) is 4.71. The van der Waals surface area contributed by atoms with E-state index in [1.165, 1.54) is 0 Å². The Bertz CT molecular complexity index is 1110. The first kappa shape index (κ1) is 17.9. The van der Waals surface area contributed by atoms with Crippen LogP contribution in [-0.4, -0.2) is 29.3 Å². The Labute approximate surface area is 162 Å². The summed E-state index contributed by atoms with van der Waals surface area (Å²) in [5.41, 5.74) is 3.54. The number of carbonyl (C=O) groups excluding carboxylic acids is 1. The first-order valence-corrected chi connectivity index (χ1v) is 9.10. The molecule has 0 saturated heterocycles. The lowest BCUT2D eigenvalue weighted by Crippen LogP contribution is -2.25. The predicted molar refractivity (Wildman–Crippen MR) is 107 cm³/mol. The van der Waals surface area contributed by atoms with Gasteiger partial charge in [0, 0.05) is 23.7 Å². The highest BCUT2D eigenvalue weighted by molar-refractivity contribution is 5.99. The Morgan fingerprint density at radius 3 is 2.82 bits per heavy atom. The number of aryl methyl sites for hydroxylation is 1. The highest BCUT2D eigenvalue weighted by Gasteiger charge is 2.17. The fourth-order valence-corrected chi connectivity index (χ4v) is 3.16. The minimum atomic E-state index is -0.219. The molecule has 2 aromatic carbocycles. The van der Waals surface area contributed by atoms with Gasteiger partial charge in [-0.3, -0.25) is 4.79 Å². The number of furan rings is 1. The third kappa shape index (κ3) is 3.49. The molecule has 142 valence electrons. The second-order valence-electron chi connectivity index (χ2n) is 6.55. The van der Waals surface area contributed by atoms with Crippen molar-refractivity contribution in [3.8, 4) is 11.4 Å². The number of nitrogens with one attached hydrogen (secondary N) is 1. The average Bonchev–Trinajstić information content (AvgIpc) is 3.33. The van der Waals surface area contributed by atoms with Gasteiger partial charge in [-0.25, -0.2) is 4.68 Å². The molecule has 6 heteroatoms. The fraction of sp³-hybridized carbons (Fsp3) is 0.182. The number of ether oxygens (including phenoxy) is 1. The van der Waals surface area contributed by atoms with E-state index in [4.69, 9.17) is 9.15 Å². The van der Waals surface area contributed by atoms with Crippen molar-refractivity contribution in [2.45, 2.75) is 13.3 Å². The molecule has 4 rings (SSSR count). The van der Waals surface area contributed by atoms with Crippen LogP contribution in [0.5, 0.6) is 5.75 Å². The molecule has 28 heavy (non-hydrogen) atoms. The minimum Gasteiger partial charge on any atom is -0.497 e. The van der Waals surface area contributed by atoms with Crippen molar-refractivity contribution in [2.75, 3.05) is 13.7 Å². The standard InChI is InChI=1S/C22H21N3O3/c1-15-19-12-18(27-2)8-9-20(19)28-21(15)22(26)23-11-10-16-13-24-25(14-16)17-6-4-3-5-7-17/h3-9,12-14H,10-11H2,1-2H3,(H,23,26). The van der Waals surface area contributed by atoms with Crippen molar-refractivity contribution in [3.05, 3.63) is 77.8 Å². The molecule has 0 fully saturated rings. The Kier molecular flexibility index (Phi) is 4.85. The molecule has 0 spiro atoms. The summed E-state index contributed by atoms with van der Waals surface area (Å²) in [6.07, 6.45) is 4.48. The van der Waals surface area contributed by atoms with Crippen molar-refractivity contribution in [2.24, 2.45) is 0 Å². The van der Waals surface area contributed by atoms with Crippen molar-refractivity contribution in [1.82, 2.24) is 15.1 Å². The van der Waals surface area contributed by atoms with Crippen LogP contribution in [-0.2, 0) is 6.42 Å². The Morgan fingerprint density at radius 2 is 2.04 bits per heavy atom. The molecule has 2 aromatic heterocycles. The van der Waals surface area contributed by atoms with Crippen molar-refractivity contribution >= 4 is 16.9 Å². The molecule has 6 nitrogen and oxygen atoms in total. The van der Waals surface area contributed by atoms with E-state index in [0.717, 1.165) is 28.0 Å². The van der Waals surface area contributed by atoms with Gasteiger partial charge in [-0.1, -0.05) is 18.2 Å². The van der Waals surface area contributed by atoms with Gasteiger partial charge in [-0.15, -0.1) is 0 Å². The molecule has 1 N–H and O–H groups in total. The fourth-order valence-electron chi connectivity index (χ4n) is 3.16. The van der Waals surface area contributed by atoms with Gasteiger partial charge >= 0.3 is 0 Å². The summed E-state index contributed by atoms with van der Waals surface area (Å²) in [7, 11) is 1.62. The monoisotopic (exact) mass is 375 g/mol. The SMILES string of the molecule is COc1ccc2oc(C(=O)NCCc3cnn(-c4ccccc4)c3)c(C)c2c1. The summed E-state index contributed by atoms with van der Waals surface area (Å²) >= 11 is 0. The number of fused-ring (bicyclic) bond motifs is 1. The minimum absolute atomic E-state index is 0.219. The number of carbonyl (C=O) groups is 1. The van der Waals surface area contributed by atoms with Gasteiger partial charge < -0.3 is 14.5 Å². The summed E-state index contributed by atoms with van der Waals surface area (Å²) in [4.78, 5) is 12.5. The number of amides is 1. The molecule has 0 aliphatic rings. The van der Waals surface area contributed by atoms with E-state index in [1.54, 1.807) is 7.11 Å². The summed E-state index contributed by atoms with van der Waals surface area (Å²) < 4.78 is 12.8. The molecule has 0 radical (unpaired) electrons. The van der Waals surface area contributed by atoms with Crippen LogP contribution in [0.4, 0.5) is 0 Å². The van der Waals surface area contributed by atoms with Crippen molar-refractivity contribution in [3.63, 3.8) is 0 Å². The van der Waals surface area contributed by atoms with Gasteiger partial charge in [0.25, 0.3) is 5.91 Å². The number of aromatic nitrogens is 2. The number of nitrogens with zero attached hydrogens (tertiary/aromatic N) is 2. The molecule has 4 aromatic rings. The summed E-state index contributed by atoms with van der Waals surface area (Å²) in [6, 6.07) is 15.4. The number of hydrogen-bond acceptors (Lipinski definition) is 4. The van der Waals surface area contributed by atoms with E-state index >= 15 is 0 Å². The summed E-state index contributed by atoms with van der Waals surface area (Å²) in [6.45, 7) is 2.38. The lowest BCUT2D eigenvalue weighted by Gasteiger charge is -2.03. The van der Waals surface area contributed by atoms with Crippen molar-refractivity contribution in [1.29, 1.82) is 0 Å². The van der Waals surface area contributed by atoms with E-state index in [1.807, 2.05) is 72.5 Å². The number of hydrogen-bond donors (Lipinski definition) is 1. The van der Waals surface area contributed by atoms with Gasteiger partial charge in [-0.05, 0) is 49.2 Å². The average molecular weight is 375 g/mol. The quantitative estimate of drug-likeness (QED) is 0.555. The van der Waals surface area contributed by atoms with Crippen LogP contribution >= 0.6 is 0 Å². The maximum Gasteiger partial charge on any atom is 0.287 e. The topological polar surface area (TPSA) is 69.3 Å². The molecule has 0 aliphatic heterocycles. The van der Waals surface area contributed by atoms with E-state index < -0.39 is 0 Å². The smallest absolute Gasteiger partial charge is 0.287 e. The normalized spacial score (nSPS) is 10.9. The second-order valence-corrected chi connectivity index (χ2v) is 6.55. The van der Waals surface area contributed by atoms with Gasteiger partial charge in [0.2, 0.25) is 0 Å². The van der Waals surface area contributed by atoms with Crippen LogP contribution in [0.1, 0.15) is 21.7 Å². The highest BCUT2D eigenvalue weighted by atomic mass is 16.5. The second kappa shape index (κ2) is 7.60. The van der Waals surface area contributed by atoms with E-state index in [-0.39, 0.29) is 5.91 Å². The van der Waals surface area contributed by atoms with Gasteiger partial charge in [0.1, 0.15) is 11.3 Å². The molecule has 2 heterocycles. The lowest BCUT2D eigenvalue weighted by molar-refractivity contribution is 0.0928. The van der Waals surface area contributed by atoms with Crippen LogP contribution in [0.2, 0.25) is 0 Å². The highest BCUT2D eigenvalue weighted by Crippen LogP contribution is 2.28. The van der Waals surface area contributed by atoms with Crippen LogP contribution < -0.4 is 10.1 Å². The van der Waals surface area contributed by atoms with E-state index in [0.29, 0.717) is 24.3 Å². The van der Waals surface area contributed by atoms with E-state index in [2.05, 4.69) is 10.4 Å². The van der Waals surface area contributed by atoms with Crippen LogP contribution in [0.3, 0.4) is 0 Å². The molecule has 0 aliphatic carbocycles. The number of benzene rings is 2. The predicted octanol–water partition coefficient (Wildman–Crippen LogP) is 3.91. The zero-order chi connectivity index (χ0) is 19.5. The Balaban J connectivity index is 1.40. The number of rotatable bonds is 6. The van der Waals surface area contributed by atoms with Crippen molar-refractivity contribution < 1.29 is 13.9 Å². The van der Waals surface area contributed by atoms with Crippen LogP contribution in [0.25, 0.3) is 16.7 Å². The molecule has 0 atom stereocenters. The van der Waals surface area contributed by atoms with Gasteiger partial charge in [-0.2, -0.15) is 5.10 Å². The van der Waals surface area contributed by atoms with E-state index in [9.17, 15) is 4.79 Å². The maximum atomic E-state index is 12.5. The third-order valence-corrected chi connectivity index (χ3v) is 4.71. The summed E-state index contributed by atoms with van der Waals surface area (Å²) in [5, 5.41) is 8.18. The number of para-hydroxylation sites is 1. The zero-order valence-corrected chi connectivity index (χ0v) is 15.8. The molecule has 0 saturated carbocycles. The largest absolute Gasteiger partial charge is 0.497 e. The molecular formula is C22H21N3O3.